The number of alkyl halides is 3. The Morgan fingerprint density at radius 1 is 1.12 bits per heavy atom. The lowest BCUT2D eigenvalue weighted by atomic mass is 9.97. The molecule has 2 fully saturated rings. The van der Waals surface area contributed by atoms with Crippen LogP contribution in [0.2, 0.25) is 5.02 Å². The molecule has 4 heterocycles. The summed E-state index contributed by atoms with van der Waals surface area (Å²) in [6.07, 6.45) is 2.13. The molecular weight excluding hydrogens is 607 g/mol. The van der Waals surface area contributed by atoms with Gasteiger partial charge < -0.3 is 14.7 Å². The van der Waals surface area contributed by atoms with Crippen molar-refractivity contribution in [3.63, 3.8) is 0 Å². The highest BCUT2D eigenvalue weighted by Crippen LogP contribution is 2.37. The summed E-state index contributed by atoms with van der Waals surface area (Å²) in [5, 5.41) is 9.79. The van der Waals surface area contributed by atoms with Crippen LogP contribution in [0.15, 0.2) is 30.6 Å². The van der Waals surface area contributed by atoms with Crippen LogP contribution < -0.4 is 9.64 Å². The number of rotatable bonds is 10. The highest BCUT2D eigenvalue weighted by Gasteiger charge is 2.32. The molecule has 1 aromatic carbocycles. The number of hydrogen-bond acceptors (Lipinski definition) is 9. The lowest BCUT2D eigenvalue weighted by Crippen LogP contribution is -2.36. The second-order valence-corrected chi connectivity index (χ2v) is 12.3. The zero-order valence-electron chi connectivity index (χ0n) is 23.4. The molecule has 43 heavy (non-hydrogen) atoms. The molecule has 0 radical (unpaired) electrons. The number of aliphatic carboxylic acids is 1. The maximum absolute atomic E-state index is 13.2. The number of halogens is 4. The third-order valence-electron chi connectivity index (χ3n) is 7.84. The number of aromatic nitrogens is 3. The molecule has 230 valence electrons. The predicted molar refractivity (Wildman–Crippen MR) is 156 cm³/mol. The highest BCUT2D eigenvalue weighted by molar-refractivity contribution is 7.12. The summed E-state index contributed by atoms with van der Waals surface area (Å²) in [4.78, 5) is 42.9. The lowest BCUT2D eigenvalue weighted by molar-refractivity contribution is -0.274. The van der Waals surface area contributed by atoms with E-state index in [2.05, 4.69) is 26.5 Å². The number of anilines is 1. The molecule has 9 nitrogen and oxygen atoms in total. The van der Waals surface area contributed by atoms with E-state index < -0.39 is 18.1 Å². The van der Waals surface area contributed by atoms with Gasteiger partial charge in [-0.05, 0) is 56.8 Å². The van der Waals surface area contributed by atoms with Gasteiger partial charge in [-0.2, -0.15) is 0 Å². The van der Waals surface area contributed by atoms with Crippen molar-refractivity contribution in [2.75, 3.05) is 24.5 Å². The molecule has 1 N–H and O–H groups in total. The number of benzene rings is 1. The minimum atomic E-state index is -4.88. The number of ether oxygens (including phenoxy) is 1. The maximum Gasteiger partial charge on any atom is 0.573 e. The summed E-state index contributed by atoms with van der Waals surface area (Å²) in [5.74, 6) is -1.33. The Kier molecular flexibility index (Phi) is 9.52. The number of Topliss-reactive ketones (excluding diaryl/α,β-unsaturated/α-hetero) is 1. The van der Waals surface area contributed by atoms with Crippen molar-refractivity contribution in [2.45, 2.75) is 64.4 Å². The largest absolute Gasteiger partial charge is 0.573 e. The molecule has 0 amide bonds. The first kappa shape index (κ1) is 31.1. The fraction of sp³-hybridized carbons (Fsp3) is 0.483. The number of piperidine rings is 1. The molecule has 2 aliphatic heterocycles. The van der Waals surface area contributed by atoms with Gasteiger partial charge in [-0.3, -0.25) is 14.5 Å². The van der Waals surface area contributed by atoms with E-state index in [1.807, 2.05) is 4.90 Å². The first-order chi connectivity index (χ1) is 20.5. The van der Waals surface area contributed by atoms with Gasteiger partial charge in [-0.15, -0.1) is 24.5 Å². The van der Waals surface area contributed by atoms with Gasteiger partial charge in [0.2, 0.25) is 0 Å². The maximum atomic E-state index is 13.2. The number of carboxylic acid groups (broad SMARTS) is 1. The molecule has 5 rings (SSSR count). The monoisotopic (exact) mass is 637 g/mol. The molecule has 0 bridgehead atoms. The van der Waals surface area contributed by atoms with E-state index in [0.717, 1.165) is 36.8 Å². The lowest BCUT2D eigenvalue weighted by Gasteiger charge is -2.30. The molecule has 2 saturated heterocycles. The number of ketones is 1. The summed E-state index contributed by atoms with van der Waals surface area (Å²) < 4.78 is 43.0. The summed E-state index contributed by atoms with van der Waals surface area (Å²) in [7, 11) is 0. The summed E-state index contributed by atoms with van der Waals surface area (Å²) in [6.45, 7) is 4.66. The van der Waals surface area contributed by atoms with Gasteiger partial charge in [0.1, 0.15) is 22.3 Å². The Labute approximate surface area is 255 Å². The van der Waals surface area contributed by atoms with Crippen LogP contribution in [0.3, 0.4) is 0 Å². The molecule has 1 atom stereocenters. The number of carboxylic acids is 1. The topological polar surface area (TPSA) is 109 Å². The minimum absolute atomic E-state index is 0.0562. The third-order valence-corrected chi connectivity index (χ3v) is 9.10. The average Bonchev–Trinajstić information content (AvgIpc) is 3.58. The molecule has 3 aromatic rings. The molecule has 14 heteroatoms. The van der Waals surface area contributed by atoms with Crippen LogP contribution in [-0.4, -0.2) is 68.7 Å². The Balaban J connectivity index is 1.36. The molecule has 2 aliphatic rings. The summed E-state index contributed by atoms with van der Waals surface area (Å²) >= 11 is 7.52. The number of carbonyl (C=O) groups is 2. The smallest absolute Gasteiger partial charge is 0.481 e. The molecular formula is C29H31ClF3N5O4S. The predicted octanol–water partition coefficient (Wildman–Crippen LogP) is 6.25. The van der Waals surface area contributed by atoms with Crippen LogP contribution in [0.25, 0.3) is 11.3 Å². The number of thiazole rings is 1. The van der Waals surface area contributed by atoms with E-state index in [4.69, 9.17) is 16.6 Å². The van der Waals surface area contributed by atoms with E-state index in [0.29, 0.717) is 60.6 Å². The van der Waals surface area contributed by atoms with E-state index in [1.54, 1.807) is 6.07 Å². The number of nitrogens with zero attached hydrogens (tertiary/aromatic N) is 5. The van der Waals surface area contributed by atoms with Gasteiger partial charge in [0.05, 0.1) is 30.4 Å². The fourth-order valence-corrected chi connectivity index (χ4v) is 7.00. The average molecular weight is 638 g/mol. The highest BCUT2D eigenvalue weighted by atomic mass is 35.5. The minimum Gasteiger partial charge on any atom is -0.481 e. The summed E-state index contributed by atoms with van der Waals surface area (Å²) in [6, 6.07) is 4.29. The van der Waals surface area contributed by atoms with Crippen molar-refractivity contribution in [1.29, 1.82) is 0 Å². The third kappa shape index (κ3) is 7.81. The van der Waals surface area contributed by atoms with Crippen molar-refractivity contribution < 1.29 is 32.6 Å². The first-order valence-corrected chi connectivity index (χ1v) is 15.3. The number of likely N-dealkylation sites (tertiary alicyclic amines) is 1. The van der Waals surface area contributed by atoms with Crippen LogP contribution in [0.4, 0.5) is 19.0 Å². The van der Waals surface area contributed by atoms with E-state index in [1.165, 1.54) is 29.8 Å². The van der Waals surface area contributed by atoms with E-state index >= 15 is 0 Å². The number of hydrogen-bond donors (Lipinski definition) is 1. The Bertz CT molecular complexity index is 1460. The van der Waals surface area contributed by atoms with Crippen molar-refractivity contribution in [3.8, 4) is 17.0 Å². The van der Waals surface area contributed by atoms with Gasteiger partial charge in [0.15, 0.2) is 5.78 Å². The molecule has 2 aromatic heterocycles. The van der Waals surface area contributed by atoms with E-state index in [9.17, 15) is 27.9 Å². The van der Waals surface area contributed by atoms with Crippen molar-refractivity contribution in [3.05, 3.63) is 51.2 Å². The van der Waals surface area contributed by atoms with Gasteiger partial charge in [-0.25, -0.2) is 15.0 Å². The van der Waals surface area contributed by atoms with Crippen LogP contribution in [-0.2, 0) is 17.8 Å². The van der Waals surface area contributed by atoms with E-state index in [-0.39, 0.29) is 28.8 Å². The second kappa shape index (κ2) is 13.1. The van der Waals surface area contributed by atoms with Gasteiger partial charge in [0.25, 0.3) is 0 Å². The first-order valence-electron chi connectivity index (χ1n) is 14.1. The molecule has 0 unspecified atom stereocenters. The molecule has 0 aliphatic carbocycles. The SMILES string of the molecule is CC[C@@H]1CCCN1Cc1sc(CC(=O)c2cnc(N3CCC(C(=O)O)CC3)cn2)nc1-c1cc(Cl)cc(OC(F)(F)F)c1. The van der Waals surface area contributed by atoms with Crippen LogP contribution in [0.1, 0.15) is 59.4 Å². The Morgan fingerprint density at radius 3 is 2.53 bits per heavy atom. The van der Waals surface area contributed by atoms with Crippen LogP contribution >= 0.6 is 22.9 Å². The normalized spacial score (nSPS) is 18.3. The fourth-order valence-electron chi connectivity index (χ4n) is 5.66. The molecule has 0 spiro atoms. The van der Waals surface area contributed by atoms with Crippen molar-refractivity contribution >= 4 is 40.5 Å². The van der Waals surface area contributed by atoms with Crippen molar-refractivity contribution in [2.24, 2.45) is 5.92 Å². The Morgan fingerprint density at radius 2 is 1.88 bits per heavy atom. The van der Waals surface area contributed by atoms with Gasteiger partial charge >= 0.3 is 12.3 Å². The van der Waals surface area contributed by atoms with Crippen molar-refractivity contribution in [1.82, 2.24) is 19.9 Å². The molecule has 0 saturated carbocycles. The Hall–Kier alpha value is -3.29. The zero-order chi connectivity index (χ0) is 30.7. The van der Waals surface area contributed by atoms with Crippen LogP contribution in [0.5, 0.6) is 5.75 Å². The second-order valence-electron chi connectivity index (χ2n) is 10.7. The van der Waals surface area contributed by atoms with Crippen LogP contribution in [0, 0.1) is 5.92 Å². The number of carbonyl (C=O) groups excluding carboxylic acids is 1. The van der Waals surface area contributed by atoms with Gasteiger partial charge in [-0.1, -0.05) is 18.5 Å². The van der Waals surface area contributed by atoms with Gasteiger partial charge in [0, 0.05) is 41.1 Å². The quantitative estimate of drug-likeness (QED) is 0.258. The zero-order valence-corrected chi connectivity index (χ0v) is 25.0. The summed E-state index contributed by atoms with van der Waals surface area (Å²) in [5.41, 5.74) is 1.01. The standard InChI is InChI=1S/C29H31ClF3N5O4S/c1-2-20-4-3-7-38(20)16-24-27(18-10-19(30)12-21(11-18)42-29(31,32)33)36-26(43-24)13-23(39)22-14-35-25(15-34-22)37-8-5-17(6-9-37)28(40)41/h10-12,14-15,17,20H,2-9,13,16H2,1H3,(H,40,41)/t20-/m1/s1.